The molecule has 0 aliphatic heterocycles. The van der Waals surface area contributed by atoms with Gasteiger partial charge in [0.2, 0.25) is 21.8 Å². The Kier molecular flexibility index (Phi) is 9.55. The summed E-state index contributed by atoms with van der Waals surface area (Å²) in [6.45, 7) is 3.65. The maximum Gasteiger partial charge on any atom is 0.244 e. The summed E-state index contributed by atoms with van der Waals surface area (Å²) in [5.74, 6) is -0.233. The molecule has 0 saturated carbocycles. The van der Waals surface area contributed by atoms with E-state index in [1.807, 2.05) is 13.0 Å². The highest BCUT2D eigenvalue weighted by atomic mass is 35.5. The normalized spacial score (nSPS) is 12.0. The maximum atomic E-state index is 13.4. The number of ether oxygens (including phenoxy) is 1. The first-order valence-corrected chi connectivity index (χ1v) is 12.7. The SMILES string of the molecule is CCCNC(=O)[C@@H](C)N(Cc1cccc(OC)c1)C(=O)CN(c1cccc(Cl)c1)S(C)(=O)=O. The van der Waals surface area contributed by atoms with Crippen molar-refractivity contribution in [2.75, 3.05) is 30.8 Å². The van der Waals surface area contributed by atoms with Crippen LogP contribution >= 0.6 is 11.6 Å². The van der Waals surface area contributed by atoms with E-state index < -0.39 is 28.5 Å². The van der Waals surface area contributed by atoms with Crippen molar-refractivity contribution in [3.63, 3.8) is 0 Å². The van der Waals surface area contributed by atoms with Crippen LogP contribution in [0, 0.1) is 0 Å². The van der Waals surface area contributed by atoms with Gasteiger partial charge < -0.3 is 15.0 Å². The van der Waals surface area contributed by atoms with Crippen LogP contribution in [0.15, 0.2) is 48.5 Å². The van der Waals surface area contributed by atoms with Crippen LogP contribution in [-0.4, -0.2) is 57.6 Å². The Labute approximate surface area is 200 Å². The van der Waals surface area contributed by atoms with Crippen LogP contribution in [0.2, 0.25) is 5.02 Å². The fourth-order valence-corrected chi connectivity index (χ4v) is 4.22. The Hall–Kier alpha value is -2.78. The smallest absolute Gasteiger partial charge is 0.244 e. The second-order valence-electron chi connectivity index (χ2n) is 7.59. The van der Waals surface area contributed by atoms with Crippen molar-refractivity contribution in [1.29, 1.82) is 0 Å². The molecule has 0 heterocycles. The summed E-state index contributed by atoms with van der Waals surface area (Å²) in [4.78, 5) is 27.5. The number of nitrogens with one attached hydrogen (secondary N) is 1. The number of rotatable bonds is 11. The molecule has 0 spiro atoms. The van der Waals surface area contributed by atoms with Gasteiger partial charge in [0.05, 0.1) is 19.1 Å². The first-order valence-electron chi connectivity index (χ1n) is 10.5. The van der Waals surface area contributed by atoms with Gasteiger partial charge in [-0.25, -0.2) is 8.42 Å². The molecule has 1 N–H and O–H groups in total. The predicted octanol–water partition coefficient (Wildman–Crippen LogP) is 3.06. The summed E-state index contributed by atoms with van der Waals surface area (Å²) in [5.41, 5.74) is 1.01. The highest BCUT2D eigenvalue weighted by Crippen LogP contribution is 2.23. The molecule has 2 aromatic carbocycles. The van der Waals surface area contributed by atoms with Crippen molar-refractivity contribution < 1.29 is 22.7 Å². The second-order valence-corrected chi connectivity index (χ2v) is 9.93. The minimum Gasteiger partial charge on any atom is -0.497 e. The van der Waals surface area contributed by atoms with Crippen LogP contribution < -0.4 is 14.4 Å². The molecule has 180 valence electrons. The van der Waals surface area contributed by atoms with Gasteiger partial charge in [-0.3, -0.25) is 13.9 Å². The summed E-state index contributed by atoms with van der Waals surface area (Å²) >= 11 is 6.03. The Morgan fingerprint density at radius 1 is 1.15 bits per heavy atom. The standard InChI is InChI=1S/C23H30ClN3O5S/c1-5-12-25-23(29)17(2)26(15-18-8-6-11-21(13-18)32-3)22(28)16-27(33(4,30)31)20-10-7-9-19(24)14-20/h6-11,13-14,17H,5,12,15-16H2,1-4H3,(H,25,29)/t17-/m1/s1. The first kappa shape index (κ1) is 26.5. The third-order valence-electron chi connectivity index (χ3n) is 4.98. The van der Waals surface area contributed by atoms with E-state index in [2.05, 4.69) is 5.32 Å². The van der Waals surface area contributed by atoms with Crippen molar-refractivity contribution in [2.24, 2.45) is 0 Å². The zero-order valence-electron chi connectivity index (χ0n) is 19.2. The summed E-state index contributed by atoms with van der Waals surface area (Å²) in [6.07, 6.45) is 1.77. The van der Waals surface area contributed by atoms with Crippen LogP contribution in [0.5, 0.6) is 5.75 Å². The second kappa shape index (κ2) is 11.9. The van der Waals surface area contributed by atoms with Crippen LogP contribution in [0.4, 0.5) is 5.69 Å². The van der Waals surface area contributed by atoms with Crippen LogP contribution in [-0.2, 0) is 26.2 Å². The average molecular weight is 496 g/mol. The van der Waals surface area contributed by atoms with Gasteiger partial charge in [0.15, 0.2) is 0 Å². The van der Waals surface area contributed by atoms with E-state index in [0.717, 1.165) is 22.5 Å². The molecule has 2 aromatic rings. The summed E-state index contributed by atoms with van der Waals surface area (Å²) in [5, 5.41) is 3.13. The Balaban J connectivity index is 2.38. The molecule has 0 radical (unpaired) electrons. The van der Waals surface area contributed by atoms with E-state index in [0.29, 0.717) is 17.3 Å². The molecular formula is C23H30ClN3O5S. The summed E-state index contributed by atoms with van der Waals surface area (Å²) in [7, 11) is -2.26. The lowest BCUT2D eigenvalue weighted by Gasteiger charge is -2.31. The molecule has 0 unspecified atom stereocenters. The molecule has 0 saturated heterocycles. The molecule has 2 rings (SSSR count). The number of carbonyl (C=O) groups excluding carboxylic acids is 2. The van der Waals surface area contributed by atoms with Gasteiger partial charge in [0.25, 0.3) is 0 Å². The van der Waals surface area contributed by atoms with E-state index in [1.54, 1.807) is 43.3 Å². The van der Waals surface area contributed by atoms with Gasteiger partial charge >= 0.3 is 0 Å². The number of hydrogen-bond donors (Lipinski definition) is 1. The predicted molar refractivity (Wildman–Crippen MR) is 130 cm³/mol. The monoisotopic (exact) mass is 495 g/mol. The quantitative estimate of drug-likeness (QED) is 0.517. The molecule has 2 amide bonds. The van der Waals surface area contributed by atoms with Crippen LogP contribution in [0.1, 0.15) is 25.8 Å². The summed E-state index contributed by atoms with van der Waals surface area (Å²) in [6, 6.07) is 12.6. The molecule has 1 atom stereocenters. The van der Waals surface area contributed by atoms with Crippen LogP contribution in [0.25, 0.3) is 0 Å². The van der Waals surface area contributed by atoms with Crippen molar-refractivity contribution in [2.45, 2.75) is 32.9 Å². The average Bonchev–Trinajstić information content (AvgIpc) is 2.78. The zero-order valence-corrected chi connectivity index (χ0v) is 20.8. The number of amides is 2. The molecule has 0 bridgehead atoms. The van der Waals surface area contributed by atoms with Crippen molar-refractivity contribution in [1.82, 2.24) is 10.2 Å². The molecule has 33 heavy (non-hydrogen) atoms. The van der Waals surface area contributed by atoms with Crippen molar-refractivity contribution in [3.05, 3.63) is 59.1 Å². The topological polar surface area (TPSA) is 96.0 Å². The number of nitrogens with zero attached hydrogens (tertiary/aromatic N) is 2. The third-order valence-corrected chi connectivity index (χ3v) is 6.35. The van der Waals surface area contributed by atoms with Gasteiger partial charge in [-0.2, -0.15) is 0 Å². The zero-order chi connectivity index (χ0) is 24.6. The number of benzene rings is 2. The third kappa shape index (κ3) is 7.64. The van der Waals surface area contributed by atoms with Gasteiger partial charge in [0.1, 0.15) is 18.3 Å². The molecule has 0 aliphatic carbocycles. The van der Waals surface area contributed by atoms with Crippen molar-refractivity contribution in [3.8, 4) is 5.75 Å². The molecular weight excluding hydrogens is 466 g/mol. The van der Waals surface area contributed by atoms with Crippen molar-refractivity contribution >= 4 is 39.1 Å². The number of hydrogen-bond acceptors (Lipinski definition) is 5. The van der Waals surface area contributed by atoms with E-state index in [-0.39, 0.29) is 18.1 Å². The minimum atomic E-state index is -3.80. The Bertz CT molecular complexity index is 1080. The van der Waals surface area contributed by atoms with Gasteiger partial charge in [-0.15, -0.1) is 0 Å². The Morgan fingerprint density at radius 2 is 1.85 bits per heavy atom. The van der Waals surface area contributed by atoms with E-state index >= 15 is 0 Å². The van der Waals surface area contributed by atoms with E-state index in [9.17, 15) is 18.0 Å². The molecule has 10 heteroatoms. The highest BCUT2D eigenvalue weighted by molar-refractivity contribution is 7.92. The largest absolute Gasteiger partial charge is 0.497 e. The lowest BCUT2D eigenvalue weighted by atomic mass is 10.1. The molecule has 0 aliphatic rings. The lowest BCUT2D eigenvalue weighted by molar-refractivity contribution is -0.139. The lowest BCUT2D eigenvalue weighted by Crippen LogP contribution is -2.51. The number of carbonyl (C=O) groups is 2. The van der Waals surface area contributed by atoms with Gasteiger partial charge in [-0.1, -0.05) is 36.7 Å². The Morgan fingerprint density at radius 3 is 2.45 bits per heavy atom. The van der Waals surface area contributed by atoms with E-state index in [1.165, 1.54) is 18.1 Å². The van der Waals surface area contributed by atoms with Gasteiger partial charge in [-0.05, 0) is 49.2 Å². The number of anilines is 1. The molecule has 0 fully saturated rings. The first-order chi connectivity index (χ1) is 15.6. The van der Waals surface area contributed by atoms with Gasteiger partial charge in [0, 0.05) is 18.1 Å². The van der Waals surface area contributed by atoms with E-state index in [4.69, 9.17) is 16.3 Å². The summed E-state index contributed by atoms with van der Waals surface area (Å²) < 4.78 is 31.2. The number of methoxy groups -OCH3 is 1. The number of halogens is 1. The minimum absolute atomic E-state index is 0.101. The maximum absolute atomic E-state index is 13.4. The fourth-order valence-electron chi connectivity index (χ4n) is 3.19. The molecule has 0 aromatic heterocycles. The number of sulfonamides is 1. The fraction of sp³-hybridized carbons (Fsp3) is 0.391. The molecule has 8 nitrogen and oxygen atoms in total. The highest BCUT2D eigenvalue weighted by Gasteiger charge is 2.30. The van der Waals surface area contributed by atoms with Crippen LogP contribution in [0.3, 0.4) is 0 Å².